The minimum atomic E-state index is 0.379. The molecular weight excluding hydrogens is 250 g/mol. The monoisotopic (exact) mass is 277 g/mol. The van der Waals surface area contributed by atoms with E-state index in [1.165, 1.54) is 11.1 Å². The van der Waals surface area contributed by atoms with Crippen LogP contribution in [-0.4, -0.2) is 26.4 Å². The summed E-state index contributed by atoms with van der Waals surface area (Å²) in [5, 5.41) is 3.71. The van der Waals surface area contributed by atoms with Crippen LogP contribution >= 0.6 is 0 Å². The second-order valence-electron chi connectivity index (χ2n) is 5.79. The van der Waals surface area contributed by atoms with Crippen molar-refractivity contribution in [2.75, 3.05) is 20.3 Å². The highest BCUT2D eigenvalue weighted by Gasteiger charge is 2.31. The third-order valence-corrected chi connectivity index (χ3v) is 4.13. The molecule has 3 unspecified atom stereocenters. The van der Waals surface area contributed by atoms with E-state index in [0.717, 1.165) is 31.7 Å². The molecule has 1 aromatic carbocycles. The van der Waals surface area contributed by atoms with Crippen molar-refractivity contribution in [3.8, 4) is 5.75 Å². The summed E-state index contributed by atoms with van der Waals surface area (Å²) in [4.78, 5) is 0. The van der Waals surface area contributed by atoms with Crippen molar-refractivity contribution in [2.24, 2.45) is 5.92 Å². The van der Waals surface area contributed by atoms with Crippen molar-refractivity contribution in [1.29, 1.82) is 0 Å². The van der Waals surface area contributed by atoms with E-state index >= 15 is 0 Å². The summed E-state index contributed by atoms with van der Waals surface area (Å²) < 4.78 is 11.1. The number of rotatable bonds is 6. The highest BCUT2D eigenvalue weighted by molar-refractivity contribution is 5.37. The first-order valence-electron chi connectivity index (χ1n) is 7.65. The average molecular weight is 277 g/mol. The van der Waals surface area contributed by atoms with E-state index in [4.69, 9.17) is 9.47 Å². The Hall–Kier alpha value is -1.06. The molecule has 1 heterocycles. The first-order chi connectivity index (χ1) is 9.65. The maximum Gasteiger partial charge on any atom is 0.119 e. The van der Waals surface area contributed by atoms with Gasteiger partial charge in [-0.2, -0.15) is 0 Å². The molecular formula is C17H27NO2. The Kier molecular flexibility index (Phi) is 5.44. The molecule has 20 heavy (non-hydrogen) atoms. The predicted octanol–water partition coefficient (Wildman–Crippen LogP) is 3.47. The molecule has 1 fully saturated rings. The minimum absolute atomic E-state index is 0.379. The molecule has 0 aromatic heterocycles. The maximum atomic E-state index is 5.77. The van der Waals surface area contributed by atoms with Crippen LogP contribution < -0.4 is 10.1 Å². The van der Waals surface area contributed by atoms with Gasteiger partial charge in [-0.15, -0.1) is 0 Å². The lowest BCUT2D eigenvalue weighted by Gasteiger charge is -2.26. The number of benzene rings is 1. The Labute approximate surface area is 122 Å². The van der Waals surface area contributed by atoms with E-state index in [1.807, 2.05) is 0 Å². The molecule has 3 atom stereocenters. The van der Waals surface area contributed by atoms with Gasteiger partial charge < -0.3 is 14.8 Å². The molecule has 0 spiro atoms. The van der Waals surface area contributed by atoms with Crippen molar-refractivity contribution >= 4 is 0 Å². The number of aryl methyl sites for hydroxylation is 1. The van der Waals surface area contributed by atoms with Gasteiger partial charge in [0.15, 0.2) is 0 Å². The molecule has 2 rings (SSSR count). The van der Waals surface area contributed by atoms with Crippen LogP contribution in [-0.2, 0) is 4.74 Å². The lowest BCUT2D eigenvalue weighted by molar-refractivity contribution is 0.117. The largest absolute Gasteiger partial charge is 0.497 e. The Morgan fingerprint density at radius 2 is 2.25 bits per heavy atom. The second-order valence-corrected chi connectivity index (χ2v) is 5.79. The molecule has 0 bridgehead atoms. The summed E-state index contributed by atoms with van der Waals surface area (Å²) in [7, 11) is 1.72. The van der Waals surface area contributed by atoms with Crippen LogP contribution in [0.15, 0.2) is 18.2 Å². The number of hydrogen-bond donors (Lipinski definition) is 1. The lowest BCUT2D eigenvalue weighted by atomic mass is 9.88. The van der Waals surface area contributed by atoms with E-state index in [-0.39, 0.29) is 0 Å². The number of methoxy groups -OCH3 is 1. The van der Waals surface area contributed by atoms with E-state index < -0.39 is 0 Å². The van der Waals surface area contributed by atoms with Gasteiger partial charge in [-0.05, 0) is 56.5 Å². The standard InChI is InChI=1S/C17H27NO2/c1-5-8-18-17(14-10-13(3)20-11-14)16-7-6-15(19-4)9-12(16)2/h6-7,9,13-14,17-18H,5,8,10-11H2,1-4H3. The first-order valence-corrected chi connectivity index (χ1v) is 7.65. The summed E-state index contributed by atoms with van der Waals surface area (Å²) in [5.41, 5.74) is 2.67. The van der Waals surface area contributed by atoms with Crippen LogP contribution in [0.4, 0.5) is 0 Å². The number of ether oxygens (including phenoxy) is 2. The normalized spacial score (nSPS) is 23.8. The van der Waals surface area contributed by atoms with Gasteiger partial charge in [0.2, 0.25) is 0 Å². The average Bonchev–Trinajstić information content (AvgIpc) is 2.87. The zero-order valence-electron chi connectivity index (χ0n) is 13.1. The minimum Gasteiger partial charge on any atom is -0.497 e. The molecule has 3 nitrogen and oxygen atoms in total. The van der Waals surface area contributed by atoms with Crippen LogP contribution in [0, 0.1) is 12.8 Å². The van der Waals surface area contributed by atoms with Crippen molar-refractivity contribution in [2.45, 2.75) is 45.8 Å². The SMILES string of the molecule is CCCNC(c1ccc(OC)cc1C)C1COC(C)C1. The van der Waals surface area contributed by atoms with Crippen molar-refractivity contribution in [3.63, 3.8) is 0 Å². The zero-order chi connectivity index (χ0) is 14.5. The fourth-order valence-corrected chi connectivity index (χ4v) is 3.04. The topological polar surface area (TPSA) is 30.5 Å². The molecule has 1 N–H and O–H groups in total. The second kappa shape index (κ2) is 7.09. The van der Waals surface area contributed by atoms with Crippen LogP contribution in [0.25, 0.3) is 0 Å². The summed E-state index contributed by atoms with van der Waals surface area (Å²) in [6.45, 7) is 8.43. The zero-order valence-corrected chi connectivity index (χ0v) is 13.1. The molecule has 0 amide bonds. The fraction of sp³-hybridized carbons (Fsp3) is 0.647. The Morgan fingerprint density at radius 1 is 1.45 bits per heavy atom. The number of nitrogens with one attached hydrogen (secondary N) is 1. The fourth-order valence-electron chi connectivity index (χ4n) is 3.04. The Morgan fingerprint density at radius 3 is 2.80 bits per heavy atom. The highest BCUT2D eigenvalue weighted by Crippen LogP contribution is 2.34. The molecule has 3 heteroatoms. The van der Waals surface area contributed by atoms with Crippen LogP contribution in [0.2, 0.25) is 0 Å². The summed E-state index contributed by atoms with van der Waals surface area (Å²) in [6.07, 6.45) is 2.66. The highest BCUT2D eigenvalue weighted by atomic mass is 16.5. The lowest BCUT2D eigenvalue weighted by Crippen LogP contribution is -2.30. The van der Waals surface area contributed by atoms with Gasteiger partial charge in [0.25, 0.3) is 0 Å². The molecule has 0 aliphatic carbocycles. The maximum absolute atomic E-state index is 5.77. The predicted molar refractivity (Wildman–Crippen MR) is 82.3 cm³/mol. The van der Waals surface area contributed by atoms with Gasteiger partial charge in [0.1, 0.15) is 5.75 Å². The summed E-state index contributed by atoms with van der Waals surface area (Å²) >= 11 is 0. The summed E-state index contributed by atoms with van der Waals surface area (Å²) in [6, 6.07) is 6.76. The third kappa shape index (κ3) is 3.53. The van der Waals surface area contributed by atoms with Gasteiger partial charge in [-0.3, -0.25) is 0 Å². The number of hydrogen-bond acceptors (Lipinski definition) is 3. The van der Waals surface area contributed by atoms with E-state index in [0.29, 0.717) is 18.1 Å². The van der Waals surface area contributed by atoms with Crippen LogP contribution in [0.5, 0.6) is 5.75 Å². The molecule has 1 aliphatic rings. The Bertz CT molecular complexity index is 433. The molecule has 0 saturated carbocycles. The van der Waals surface area contributed by atoms with Crippen LogP contribution in [0.1, 0.15) is 43.9 Å². The van der Waals surface area contributed by atoms with E-state index in [9.17, 15) is 0 Å². The molecule has 112 valence electrons. The quantitative estimate of drug-likeness (QED) is 0.863. The van der Waals surface area contributed by atoms with Gasteiger partial charge in [-0.1, -0.05) is 13.0 Å². The van der Waals surface area contributed by atoms with Gasteiger partial charge >= 0.3 is 0 Å². The van der Waals surface area contributed by atoms with Crippen molar-refractivity contribution in [1.82, 2.24) is 5.32 Å². The van der Waals surface area contributed by atoms with Crippen molar-refractivity contribution in [3.05, 3.63) is 29.3 Å². The molecule has 1 aromatic rings. The third-order valence-electron chi connectivity index (χ3n) is 4.13. The van der Waals surface area contributed by atoms with E-state index in [2.05, 4.69) is 44.3 Å². The van der Waals surface area contributed by atoms with Gasteiger partial charge in [0.05, 0.1) is 19.8 Å². The molecule has 1 saturated heterocycles. The molecule has 0 radical (unpaired) electrons. The van der Waals surface area contributed by atoms with Crippen molar-refractivity contribution < 1.29 is 9.47 Å². The Balaban J connectivity index is 2.21. The molecule has 1 aliphatic heterocycles. The van der Waals surface area contributed by atoms with Gasteiger partial charge in [0, 0.05) is 12.0 Å². The smallest absolute Gasteiger partial charge is 0.119 e. The first kappa shape index (κ1) is 15.3. The van der Waals surface area contributed by atoms with Crippen LogP contribution in [0.3, 0.4) is 0 Å². The van der Waals surface area contributed by atoms with Gasteiger partial charge in [-0.25, -0.2) is 0 Å². The summed E-state index contributed by atoms with van der Waals surface area (Å²) in [5.74, 6) is 1.49. The van der Waals surface area contributed by atoms with E-state index in [1.54, 1.807) is 7.11 Å².